The minimum Gasteiger partial charge on any atom is -0.317 e. The Kier molecular flexibility index (Phi) is 3.70. The molecule has 1 fully saturated rings. The van der Waals surface area contributed by atoms with E-state index in [2.05, 4.69) is 31.6 Å². The Morgan fingerprint density at radius 3 is 2.81 bits per heavy atom. The molecule has 0 aromatic carbocycles. The van der Waals surface area contributed by atoms with E-state index in [0.29, 0.717) is 22.6 Å². The van der Waals surface area contributed by atoms with Gasteiger partial charge in [-0.1, -0.05) is 5.21 Å². The maximum absolute atomic E-state index is 12.1. The number of aromatic nitrogens is 3. The summed E-state index contributed by atoms with van der Waals surface area (Å²) < 4.78 is 2.09. The molecule has 0 aliphatic carbocycles. The van der Waals surface area contributed by atoms with Crippen molar-refractivity contribution >= 4 is 21.7 Å². The van der Waals surface area contributed by atoms with Crippen LogP contribution in [0.3, 0.4) is 0 Å². The predicted octanol–water partition coefficient (Wildman–Crippen LogP) is 1.15. The second-order valence-corrected chi connectivity index (χ2v) is 4.92. The van der Waals surface area contributed by atoms with Crippen molar-refractivity contribution in [2.75, 3.05) is 13.1 Å². The molecule has 1 aromatic rings. The third kappa shape index (κ3) is 2.49. The average molecular weight is 287 g/mol. The van der Waals surface area contributed by atoms with Gasteiger partial charge in [0.05, 0.1) is 0 Å². The average Bonchev–Trinajstić information content (AvgIpc) is 2.60. The van der Waals surface area contributed by atoms with E-state index in [1.165, 1.54) is 4.68 Å². The van der Waals surface area contributed by atoms with Crippen LogP contribution < -0.4 is 5.32 Å². The number of ketones is 1. The standard InChI is InChI=1S/C10H15BrN4O/c1-15-9(10(11)13-14-15)8(16)6-7-2-4-12-5-3-7/h7,12H,2-6H2,1H3. The van der Waals surface area contributed by atoms with Gasteiger partial charge in [0.1, 0.15) is 5.69 Å². The van der Waals surface area contributed by atoms with Gasteiger partial charge in [-0.15, -0.1) is 5.10 Å². The van der Waals surface area contributed by atoms with Crippen LogP contribution in [-0.2, 0) is 7.05 Å². The molecule has 88 valence electrons. The molecular weight excluding hydrogens is 272 g/mol. The molecule has 1 aromatic heterocycles. The first-order chi connectivity index (χ1) is 7.68. The fraction of sp³-hybridized carbons (Fsp3) is 0.700. The van der Waals surface area contributed by atoms with Crippen molar-refractivity contribution in [1.29, 1.82) is 0 Å². The highest BCUT2D eigenvalue weighted by Gasteiger charge is 2.22. The SMILES string of the molecule is Cn1nnc(Br)c1C(=O)CC1CCNCC1. The van der Waals surface area contributed by atoms with Crippen molar-refractivity contribution in [2.24, 2.45) is 13.0 Å². The van der Waals surface area contributed by atoms with Gasteiger partial charge in [0.2, 0.25) is 0 Å². The third-order valence-electron chi connectivity index (χ3n) is 2.98. The summed E-state index contributed by atoms with van der Waals surface area (Å²) in [7, 11) is 1.74. The Morgan fingerprint density at radius 2 is 2.25 bits per heavy atom. The van der Waals surface area contributed by atoms with E-state index in [1.807, 2.05) is 0 Å². The van der Waals surface area contributed by atoms with Gasteiger partial charge >= 0.3 is 0 Å². The molecule has 5 nitrogen and oxygen atoms in total. The number of carbonyl (C=O) groups is 1. The van der Waals surface area contributed by atoms with Crippen LogP contribution in [0.25, 0.3) is 0 Å². The molecule has 1 N–H and O–H groups in total. The van der Waals surface area contributed by atoms with E-state index < -0.39 is 0 Å². The number of rotatable bonds is 3. The number of nitrogens with one attached hydrogen (secondary N) is 1. The number of piperidine rings is 1. The Hall–Kier alpha value is -0.750. The summed E-state index contributed by atoms with van der Waals surface area (Å²) in [5.41, 5.74) is 0.582. The largest absolute Gasteiger partial charge is 0.317 e. The number of carbonyl (C=O) groups excluding carboxylic acids is 1. The van der Waals surface area contributed by atoms with Crippen LogP contribution in [0.4, 0.5) is 0 Å². The Bertz CT molecular complexity index is 365. The van der Waals surface area contributed by atoms with Crippen molar-refractivity contribution in [3.05, 3.63) is 10.3 Å². The number of hydrogen-bond donors (Lipinski definition) is 1. The molecule has 0 spiro atoms. The molecule has 0 bridgehead atoms. The quantitative estimate of drug-likeness (QED) is 0.847. The molecule has 6 heteroatoms. The molecule has 0 atom stereocenters. The summed E-state index contributed by atoms with van der Waals surface area (Å²) >= 11 is 3.25. The van der Waals surface area contributed by atoms with E-state index >= 15 is 0 Å². The smallest absolute Gasteiger partial charge is 0.183 e. The number of halogens is 1. The van der Waals surface area contributed by atoms with Crippen LogP contribution >= 0.6 is 15.9 Å². The van der Waals surface area contributed by atoms with Crippen molar-refractivity contribution in [3.63, 3.8) is 0 Å². The minimum atomic E-state index is 0.131. The lowest BCUT2D eigenvalue weighted by atomic mass is 9.92. The third-order valence-corrected chi connectivity index (χ3v) is 3.52. The summed E-state index contributed by atoms with van der Waals surface area (Å²) in [5.74, 6) is 0.627. The highest BCUT2D eigenvalue weighted by atomic mass is 79.9. The van der Waals surface area contributed by atoms with Crippen molar-refractivity contribution < 1.29 is 4.79 Å². The van der Waals surface area contributed by atoms with E-state index in [0.717, 1.165) is 25.9 Å². The Balaban J connectivity index is 2.02. The lowest BCUT2D eigenvalue weighted by Gasteiger charge is -2.21. The van der Waals surface area contributed by atoms with E-state index in [-0.39, 0.29) is 5.78 Å². The maximum Gasteiger partial charge on any atom is 0.183 e. The zero-order valence-electron chi connectivity index (χ0n) is 9.24. The fourth-order valence-electron chi connectivity index (χ4n) is 2.07. The Morgan fingerprint density at radius 1 is 1.56 bits per heavy atom. The van der Waals surface area contributed by atoms with Gasteiger partial charge in [-0.3, -0.25) is 4.79 Å². The van der Waals surface area contributed by atoms with E-state index in [4.69, 9.17) is 0 Å². The van der Waals surface area contributed by atoms with E-state index in [1.54, 1.807) is 7.05 Å². The summed E-state index contributed by atoms with van der Waals surface area (Å²) in [6.07, 6.45) is 2.75. The number of aryl methyl sites for hydroxylation is 1. The van der Waals surface area contributed by atoms with Crippen molar-refractivity contribution in [1.82, 2.24) is 20.3 Å². The zero-order valence-corrected chi connectivity index (χ0v) is 10.8. The van der Waals surface area contributed by atoms with Crippen LogP contribution in [0.5, 0.6) is 0 Å². The van der Waals surface area contributed by atoms with Crippen LogP contribution in [-0.4, -0.2) is 33.9 Å². The fourth-order valence-corrected chi connectivity index (χ4v) is 2.62. The first-order valence-corrected chi connectivity index (χ1v) is 6.27. The van der Waals surface area contributed by atoms with Gasteiger partial charge in [-0.2, -0.15) is 0 Å². The monoisotopic (exact) mass is 286 g/mol. The number of hydrogen-bond acceptors (Lipinski definition) is 4. The summed E-state index contributed by atoms with van der Waals surface area (Å²) in [6.45, 7) is 2.03. The van der Waals surface area contributed by atoms with Crippen LogP contribution in [0.2, 0.25) is 0 Å². The van der Waals surface area contributed by atoms with Gasteiger partial charge in [0, 0.05) is 13.5 Å². The molecule has 2 rings (SSSR count). The second kappa shape index (κ2) is 5.05. The second-order valence-electron chi connectivity index (χ2n) is 4.17. The van der Waals surface area contributed by atoms with Gasteiger partial charge in [-0.25, -0.2) is 4.68 Å². The lowest BCUT2D eigenvalue weighted by Crippen LogP contribution is -2.29. The summed E-state index contributed by atoms with van der Waals surface area (Å²) in [6, 6.07) is 0. The van der Waals surface area contributed by atoms with Crippen molar-refractivity contribution in [3.8, 4) is 0 Å². The van der Waals surface area contributed by atoms with Gasteiger partial charge in [-0.05, 0) is 47.8 Å². The molecule has 1 aliphatic heterocycles. The maximum atomic E-state index is 12.1. The van der Waals surface area contributed by atoms with Crippen LogP contribution in [0, 0.1) is 5.92 Å². The molecular formula is C10H15BrN4O. The summed E-state index contributed by atoms with van der Waals surface area (Å²) in [5, 5.41) is 10.9. The number of nitrogens with zero attached hydrogens (tertiary/aromatic N) is 3. The van der Waals surface area contributed by atoms with Crippen LogP contribution in [0.1, 0.15) is 29.8 Å². The normalized spacial score (nSPS) is 17.6. The first-order valence-electron chi connectivity index (χ1n) is 5.47. The number of Topliss-reactive ketones (excluding diaryl/α,β-unsaturated/α-hetero) is 1. The minimum absolute atomic E-state index is 0.131. The molecule has 0 unspecified atom stereocenters. The molecule has 1 aliphatic rings. The lowest BCUT2D eigenvalue weighted by molar-refractivity contribution is 0.0942. The molecule has 0 radical (unpaired) electrons. The molecule has 0 saturated carbocycles. The Labute approximate surface area is 103 Å². The van der Waals surface area contributed by atoms with Crippen molar-refractivity contribution in [2.45, 2.75) is 19.3 Å². The van der Waals surface area contributed by atoms with Gasteiger partial charge < -0.3 is 5.32 Å². The molecule has 16 heavy (non-hydrogen) atoms. The van der Waals surface area contributed by atoms with Crippen LogP contribution in [0.15, 0.2) is 4.60 Å². The highest BCUT2D eigenvalue weighted by Crippen LogP contribution is 2.21. The summed E-state index contributed by atoms with van der Waals surface area (Å²) in [4.78, 5) is 12.1. The first kappa shape index (κ1) is 11.7. The molecule has 0 amide bonds. The van der Waals surface area contributed by atoms with E-state index in [9.17, 15) is 4.79 Å². The topological polar surface area (TPSA) is 59.8 Å². The van der Waals surface area contributed by atoms with Gasteiger partial charge in [0.15, 0.2) is 10.4 Å². The molecule has 1 saturated heterocycles. The predicted molar refractivity (Wildman–Crippen MR) is 63.2 cm³/mol. The highest BCUT2D eigenvalue weighted by molar-refractivity contribution is 9.10. The zero-order chi connectivity index (χ0) is 11.5. The van der Waals surface area contributed by atoms with Gasteiger partial charge in [0.25, 0.3) is 0 Å². The molecule has 2 heterocycles.